The Hall–Kier alpha value is -1.13. The Kier molecular flexibility index (Phi) is 4.55. The SMILES string of the molecule is CC(C)C(=O)N(Cc1cccs1)Cc1cccs1. The molecule has 2 aromatic heterocycles. The van der Waals surface area contributed by atoms with Crippen molar-refractivity contribution in [1.29, 1.82) is 0 Å². The van der Waals surface area contributed by atoms with E-state index in [0.29, 0.717) is 13.1 Å². The summed E-state index contributed by atoms with van der Waals surface area (Å²) in [5.41, 5.74) is 0. The van der Waals surface area contributed by atoms with Crippen molar-refractivity contribution in [2.75, 3.05) is 0 Å². The van der Waals surface area contributed by atoms with Gasteiger partial charge in [-0.1, -0.05) is 26.0 Å². The molecule has 0 spiro atoms. The van der Waals surface area contributed by atoms with E-state index in [0.717, 1.165) is 0 Å². The summed E-state index contributed by atoms with van der Waals surface area (Å²) in [6.07, 6.45) is 0. The minimum Gasteiger partial charge on any atom is -0.332 e. The maximum absolute atomic E-state index is 12.2. The lowest BCUT2D eigenvalue weighted by Gasteiger charge is -2.23. The van der Waals surface area contributed by atoms with E-state index in [4.69, 9.17) is 0 Å². The largest absolute Gasteiger partial charge is 0.332 e. The topological polar surface area (TPSA) is 20.3 Å². The molecule has 2 heterocycles. The summed E-state index contributed by atoms with van der Waals surface area (Å²) in [6, 6.07) is 8.23. The van der Waals surface area contributed by atoms with Crippen molar-refractivity contribution in [3.8, 4) is 0 Å². The fraction of sp³-hybridized carbons (Fsp3) is 0.357. The van der Waals surface area contributed by atoms with Crippen molar-refractivity contribution >= 4 is 28.6 Å². The molecule has 0 saturated carbocycles. The van der Waals surface area contributed by atoms with Gasteiger partial charge in [0.2, 0.25) is 5.91 Å². The Morgan fingerprint density at radius 1 is 1.11 bits per heavy atom. The summed E-state index contributed by atoms with van der Waals surface area (Å²) < 4.78 is 0. The average molecular weight is 279 g/mol. The molecule has 4 heteroatoms. The van der Waals surface area contributed by atoms with E-state index in [1.165, 1.54) is 9.75 Å². The Bertz CT molecular complexity index is 438. The van der Waals surface area contributed by atoms with Gasteiger partial charge in [0.05, 0.1) is 13.1 Å². The minimum absolute atomic E-state index is 0.0462. The first kappa shape index (κ1) is 13.3. The molecule has 18 heavy (non-hydrogen) atoms. The van der Waals surface area contributed by atoms with Crippen LogP contribution in [-0.4, -0.2) is 10.8 Å². The van der Waals surface area contributed by atoms with Gasteiger partial charge in [0.15, 0.2) is 0 Å². The Balaban J connectivity index is 2.09. The lowest BCUT2D eigenvalue weighted by atomic mass is 10.2. The van der Waals surface area contributed by atoms with E-state index in [1.54, 1.807) is 22.7 Å². The zero-order valence-electron chi connectivity index (χ0n) is 10.6. The summed E-state index contributed by atoms with van der Waals surface area (Å²) in [4.78, 5) is 16.7. The zero-order chi connectivity index (χ0) is 13.0. The van der Waals surface area contributed by atoms with E-state index in [9.17, 15) is 4.79 Å². The van der Waals surface area contributed by atoms with Crippen LogP contribution in [0.2, 0.25) is 0 Å². The minimum atomic E-state index is 0.0462. The second-order valence-electron chi connectivity index (χ2n) is 4.51. The molecule has 0 bridgehead atoms. The Morgan fingerprint density at radius 2 is 1.61 bits per heavy atom. The summed E-state index contributed by atoms with van der Waals surface area (Å²) >= 11 is 3.41. The van der Waals surface area contributed by atoms with E-state index in [-0.39, 0.29) is 11.8 Å². The highest BCUT2D eigenvalue weighted by Crippen LogP contribution is 2.18. The van der Waals surface area contributed by atoms with Crippen molar-refractivity contribution in [1.82, 2.24) is 4.90 Å². The fourth-order valence-electron chi connectivity index (χ4n) is 1.76. The van der Waals surface area contributed by atoms with Gasteiger partial charge in [0.25, 0.3) is 0 Å². The molecule has 0 fully saturated rings. The van der Waals surface area contributed by atoms with Crippen LogP contribution in [0.3, 0.4) is 0 Å². The maximum atomic E-state index is 12.2. The third-order valence-corrected chi connectivity index (χ3v) is 4.38. The number of hydrogen-bond donors (Lipinski definition) is 0. The van der Waals surface area contributed by atoms with Crippen LogP contribution in [0.4, 0.5) is 0 Å². The highest BCUT2D eigenvalue weighted by molar-refractivity contribution is 7.10. The maximum Gasteiger partial charge on any atom is 0.225 e. The summed E-state index contributed by atoms with van der Waals surface area (Å²) in [5, 5.41) is 4.11. The highest BCUT2D eigenvalue weighted by Gasteiger charge is 2.18. The molecule has 0 aliphatic rings. The van der Waals surface area contributed by atoms with Gasteiger partial charge in [0, 0.05) is 15.7 Å². The van der Waals surface area contributed by atoms with Crippen LogP contribution in [0.1, 0.15) is 23.6 Å². The lowest BCUT2D eigenvalue weighted by molar-refractivity contribution is -0.135. The number of carbonyl (C=O) groups is 1. The van der Waals surface area contributed by atoms with Crippen molar-refractivity contribution in [3.63, 3.8) is 0 Å². The molecule has 2 rings (SSSR count). The van der Waals surface area contributed by atoms with Gasteiger partial charge in [0.1, 0.15) is 0 Å². The first-order valence-electron chi connectivity index (χ1n) is 6.00. The molecule has 1 amide bonds. The molecule has 0 saturated heterocycles. The van der Waals surface area contributed by atoms with Crippen LogP contribution in [0, 0.1) is 5.92 Å². The van der Waals surface area contributed by atoms with Gasteiger partial charge < -0.3 is 4.90 Å². The molecule has 0 aliphatic carbocycles. The fourth-order valence-corrected chi connectivity index (χ4v) is 3.20. The third kappa shape index (κ3) is 3.43. The van der Waals surface area contributed by atoms with Crippen molar-refractivity contribution in [3.05, 3.63) is 44.8 Å². The van der Waals surface area contributed by atoms with Crippen molar-refractivity contribution in [2.45, 2.75) is 26.9 Å². The summed E-state index contributed by atoms with van der Waals surface area (Å²) in [7, 11) is 0. The van der Waals surface area contributed by atoms with Gasteiger partial charge in [-0.05, 0) is 22.9 Å². The van der Waals surface area contributed by atoms with Gasteiger partial charge in [-0.25, -0.2) is 0 Å². The molecular weight excluding hydrogens is 262 g/mol. The normalized spacial score (nSPS) is 10.8. The van der Waals surface area contributed by atoms with Crippen LogP contribution < -0.4 is 0 Å². The number of hydrogen-bond acceptors (Lipinski definition) is 3. The molecular formula is C14H17NOS2. The van der Waals surface area contributed by atoms with E-state index < -0.39 is 0 Å². The molecule has 0 atom stereocenters. The molecule has 0 aliphatic heterocycles. The predicted molar refractivity (Wildman–Crippen MR) is 77.7 cm³/mol. The quantitative estimate of drug-likeness (QED) is 0.810. The number of amides is 1. The van der Waals surface area contributed by atoms with Crippen LogP contribution in [0.25, 0.3) is 0 Å². The molecule has 2 nitrogen and oxygen atoms in total. The second-order valence-corrected chi connectivity index (χ2v) is 6.57. The highest BCUT2D eigenvalue weighted by atomic mass is 32.1. The smallest absolute Gasteiger partial charge is 0.225 e. The molecule has 0 aromatic carbocycles. The monoisotopic (exact) mass is 279 g/mol. The van der Waals surface area contributed by atoms with Crippen LogP contribution in [0.15, 0.2) is 35.0 Å². The zero-order valence-corrected chi connectivity index (χ0v) is 12.3. The first-order chi connectivity index (χ1) is 8.66. The molecule has 96 valence electrons. The van der Waals surface area contributed by atoms with Crippen LogP contribution in [0.5, 0.6) is 0 Å². The van der Waals surface area contributed by atoms with Crippen LogP contribution in [-0.2, 0) is 17.9 Å². The number of thiophene rings is 2. The second kappa shape index (κ2) is 6.16. The lowest BCUT2D eigenvalue weighted by Crippen LogP contribution is -2.32. The van der Waals surface area contributed by atoms with Crippen LogP contribution >= 0.6 is 22.7 Å². The van der Waals surface area contributed by atoms with E-state index in [1.807, 2.05) is 30.9 Å². The number of nitrogens with zero attached hydrogens (tertiary/aromatic N) is 1. The van der Waals surface area contributed by atoms with Crippen molar-refractivity contribution < 1.29 is 4.79 Å². The van der Waals surface area contributed by atoms with Gasteiger partial charge in [-0.2, -0.15) is 0 Å². The van der Waals surface area contributed by atoms with Crippen molar-refractivity contribution in [2.24, 2.45) is 5.92 Å². The summed E-state index contributed by atoms with van der Waals surface area (Å²) in [5.74, 6) is 0.265. The molecule has 2 aromatic rings. The number of carbonyl (C=O) groups excluding carboxylic acids is 1. The molecule has 0 N–H and O–H groups in total. The summed E-state index contributed by atoms with van der Waals surface area (Å²) in [6.45, 7) is 5.34. The predicted octanol–water partition coefficient (Wildman–Crippen LogP) is 3.99. The first-order valence-corrected chi connectivity index (χ1v) is 7.76. The van der Waals surface area contributed by atoms with E-state index in [2.05, 4.69) is 22.9 Å². The number of rotatable bonds is 5. The van der Waals surface area contributed by atoms with Gasteiger partial charge >= 0.3 is 0 Å². The van der Waals surface area contributed by atoms with Gasteiger partial charge in [-0.3, -0.25) is 4.79 Å². The Labute approximate surface area is 116 Å². The standard InChI is InChI=1S/C14H17NOS2/c1-11(2)14(16)15(9-12-5-3-7-17-12)10-13-6-4-8-18-13/h3-8,11H,9-10H2,1-2H3. The Morgan fingerprint density at radius 3 is 1.94 bits per heavy atom. The molecule has 0 unspecified atom stereocenters. The molecule has 0 radical (unpaired) electrons. The van der Waals surface area contributed by atoms with Gasteiger partial charge in [-0.15, -0.1) is 22.7 Å². The average Bonchev–Trinajstić information content (AvgIpc) is 2.99. The third-order valence-electron chi connectivity index (χ3n) is 2.66. The van der Waals surface area contributed by atoms with E-state index >= 15 is 0 Å².